The lowest BCUT2D eigenvalue weighted by atomic mass is 9.98. The average molecular weight is 433 g/mol. The van der Waals surface area contributed by atoms with Crippen LogP contribution in [0.25, 0.3) is 0 Å². The minimum Gasteiger partial charge on any atom is -0.340 e. The van der Waals surface area contributed by atoms with Gasteiger partial charge in [0, 0.05) is 41.3 Å². The number of carbonyl (C=O) groups is 2. The number of likely N-dealkylation sites (tertiary alicyclic amines) is 2. The van der Waals surface area contributed by atoms with E-state index >= 15 is 0 Å². The molecule has 2 aliphatic heterocycles. The summed E-state index contributed by atoms with van der Waals surface area (Å²) < 4.78 is 0. The summed E-state index contributed by atoms with van der Waals surface area (Å²) in [5.41, 5.74) is 6.62. The number of nitrogens with zero attached hydrogens (tertiary/aromatic N) is 2. The van der Waals surface area contributed by atoms with E-state index in [0.29, 0.717) is 40.4 Å². The highest BCUT2D eigenvalue weighted by molar-refractivity contribution is 6.35. The first-order valence-corrected chi connectivity index (χ1v) is 10.0. The van der Waals surface area contributed by atoms with Crippen molar-refractivity contribution in [2.75, 3.05) is 19.6 Å². The average Bonchev–Trinajstić information content (AvgIpc) is 3.30. The Hall–Kier alpha value is -1.01. The van der Waals surface area contributed by atoms with E-state index in [1.54, 1.807) is 23.1 Å². The van der Waals surface area contributed by atoms with Crippen molar-refractivity contribution in [3.8, 4) is 0 Å². The second kappa shape index (κ2) is 8.16. The van der Waals surface area contributed by atoms with Gasteiger partial charge in [0.05, 0.1) is 0 Å². The van der Waals surface area contributed by atoms with Gasteiger partial charge in [0.25, 0.3) is 5.91 Å². The van der Waals surface area contributed by atoms with Crippen LogP contribution in [0, 0.1) is 11.8 Å². The van der Waals surface area contributed by atoms with Crippen LogP contribution in [0.2, 0.25) is 10.0 Å². The molecule has 0 bridgehead atoms. The van der Waals surface area contributed by atoms with Crippen molar-refractivity contribution >= 4 is 47.4 Å². The van der Waals surface area contributed by atoms with Crippen LogP contribution in [-0.4, -0.2) is 53.3 Å². The summed E-state index contributed by atoms with van der Waals surface area (Å²) in [7, 11) is 0. The number of hydrogen-bond acceptors (Lipinski definition) is 3. The predicted octanol–water partition coefficient (Wildman–Crippen LogP) is 3.22. The minimum absolute atomic E-state index is 0. The maximum atomic E-state index is 13.1. The summed E-state index contributed by atoms with van der Waals surface area (Å²) in [6, 6.07) is 4.62. The minimum atomic E-state index is -0.393. The fourth-order valence-corrected chi connectivity index (χ4v) is 5.33. The number of nitrogens with two attached hydrogens (primary N) is 1. The van der Waals surface area contributed by atoms with Crippen molar-refractivity contribution < 1.29 is 9.59 Å². The standard InChI is InChI=1S/C19H23Cl2N3O2.ClH/c20-13-6-12(7-14(21)8-13)18(25)24-5-1-2-17(24)19(26)23-9-11-3-4-16(22)15(11)10-23;/h6-8,11,15-17H,1-5,9-10,22H2;1H. The molecular formula is C19H24Cl3N3O2. The first-order chi connectivity index (χ1) is 12.4. The first-order valence-electron chi connectivity index (χ1n) is 9.25. The Kier molecular flexibility index (Phi) is 6.26. The van der Waals surface area contributed by atoms with Crippen LogP contribution in [0.15, 0.2) is 18.2 Å². The van der Waals surface area contributed by atoms with Crippen LogP contribution < -0.4 is 5.73 Å². The van der Waals surface area contributed by atoms with Crippen LogP contribution in [0.3, 0.4) is 0 Å². The normalized spacial score (nSPS) is 29.6. The molecule has 4 unspecified atom stereocenters. The molecule has 27 heavy (non-hydrogen) atoms. The van der Waals surface area contributed by atoms with E-state index < -0.39 is 6.04 Å². The van der Waals surface area contributed by atoms with Gasteiger partial charge < -0.3 is 15.5 Å². The van der Waals surface area contributed by atoms with Crippen molar-refractivity contribution in [1.29, 1.82) is 0 Å². The van der Waals surface area contributed by atoms with Gasteiger partial charge in [-0.25, -0.2) is 0 Å². The van der Waals surface area contributed by atoms with Crippen molar-refractivity contribution in [2.45, 2.75) is 37.8 Å². The quantitative estimate of drug-likeness (QED) is 0.780. The van der Waals surface area contributed by atoms with Gasteiger partial charge in [0.15, 0.2) is 0 Å². The van der Waals surface area contributed by atoms with Gasteiger partial charge in [-0.1, -0.05) is 23.2 Å². The molecule has 0 spiro atoms. The SMILES string of the molecule is Cl.NC1CCC2CN(C(=O)C3CCCN3C(=O)c3cc(Cl)cc(Cl)c3)CC12. The van der Waals surface area contributed by atoms with E-state index in [1.807, 2.05) is 4.90 Å². The Morgan fingerprint density at radius 1 is 1.04 bits per heavy atom. The molecule has 3 aliphatic rings. The number of hydrogen-bond donors (Lipinski definition) is 1. The second-order valence-electron chi connectivity index (χ2n) is 7.72. The lowest BCUT2D eigenvalue weighted by Gasteiger charge is -2.28. The highest BCUT2D eigenvalue weighted by atomic mass is 35.5. The molecule has 8 heteroatoms. The maximum absolute atomic E-state index is 13.1. The molecule has 4 rings (SSSR count). The largest absolute Gasteiger partial charge is 0.340 e. The third-order valence-electron chi connectivity index (χ3n) is 6.13. The zero-order valence-corrected chi connectivity index (χ0v) is 17.3. The molecule has 2 amide bonds. The number of fused-ring (bicyclic) bond motifs is 1. The molecule has 3 fully saturated rings. The highest BCUT2D eigenvalue weighted by Crippen LogP contribution is 2.38. The zero-order valence-electron chi connectivity index (χ0n) is 14.9. The fourth-order valence-electron chi connectivity index (χ4n) is 4.81. The van der Waals surface area contributed by atoms with E-state index in [-0.39, 0.29) is 30.3 Å². The maximum Gasteiger partial charge on any atom is 0.254 e. The second-order valence-corrected chi connectivity index (χ2v) is 8.60. The Balaban J connectivity index is 0.00000210. The van der Waals surface area contributed by atoms with E-state index in [0.717, 1.165) is 32.4 Å². The van der Waals surface area contributed by atoms with Gasteiger partial charge in [0.2, 0.25) is 5.91 Å². The van der Waals surface area contributed by atoms with Crippen molar-refractivity contribution in [3.63, 3.8) is 0 Å². The molecular weight excluding hydrogens is 409 g/mol. The van der Waals surface area contributed by atoms with Crippen LogP contribution in [0.1, 0.15) is 36.0 Å². The van der Waals surface area contributed by atoms with E-state index in [2.05, 4.69) is 0 Å². The van der Waals surface area contributed by atoms with Crippen molar-refractivity contribution in [2.24, 2.45) is 17.6 Å². The highest BCUT2D eigenvalue weighted by Gasteiger charge is 2.45. The van der Waals surface area contributed by atoms with Gasteiger partial charge >= 0.3 is 0 Å². The molecule has 1 saturated carbocycles. The van der Waals surface area contributed by atoms with Gasteiger partial charge in [0.1, 0.15) is 6.04 Å². The molecule has 0 radical (unpaired) electrons. The molecule has 0 aromatic heterocycles. The Morgan fingerprint density at radius 2 is 1.74 bits per heavy atom. The first kappa shape index (κ1) is 20.7. The Morgan fingerprint density at radius 3 is 2.41 bits per heavy atom. The number of halogens is 3. The molecule has 4 atom stereocenters. The lowest BCUT2D eigenvalue weighted by Crippen LogP contribution is -2.47. The molecule has 148 valence electrons. The van der Waals surface area contributed by atoms with Gasteiger partial charge in [-0.2, -0.15) is 0 Å². The third-order valence-corrected chi connectivity index (χ3v) is 6.57. The van der Waals surface area contributed by atoms with Gasteiger partial charge in [-0.05, 0) is 55.7 Å². The summed E-state index contributed by atoms with van der Waals surface area (Å²) in [5, 5.41) is 0.841. The fraction of sp³-hybridized carbons (Fsp3) is 0.579. The van der Waals surface area contributed by atoms with Gasteiger partial charge in [-0.15, -0.1) is 12.4 Å². The van der Waals surface area contributed by atoms with Crippen molar-refractivity contribution in [3.05, 3.63) is 33.8 Å². The lowest BCUT2D eigenvalue weighted by molar-refractivity contribution is -0.134. The van der Waals surface area contributed by atoms with Crippen LogP contribution >= 0.6 is 35.6 Å². The number of rotatable bonds is 2. The Bertz CT molecular complexity index is 725. The summed E-state index contributed by atoms with van der Waals surface area (Å²) in [6.07, 6.45) is 3.69. The summed E-state index contributed by atoms with van der Waals surface area (Å²) in [6.45, 7) is 2.09. The van der Waals surface area contributed by atoms with E-state index in [4.69, 9.17) is 28.9 Å². The molecule has 1 aliphatic carbocycles. The zero-order chi connectivity index (χ0) is 18.4. The van der Waals surface area contributed by atoms with Crippen LogP contribution in [-0.2, 0) is 4.79 Å². The van der Waals surface area contributed by atoms with E-state index in [1.165, 1.54) is 0 Å². The molecule has 1 aromatic rings. The molecule has 2 saturated heterocycles. The summed E-state index contributed by atoms with van der Waals surface area (Å²) in [4.78, 5) is 29.7. The number of carbonyl (C=O) groups excluding carboxylic acids is 2. The van der Waals surface area contributed by atoms with Crippen LogP contribution in [0.4, 0.5) is 0 Å². The predicted molar refractivity (Wildman–Crippen MR) is 109 cm³/mol. The monoisotopic (exact) mass is 431 g/mol. The van der Waals surface area contributed by atoms with Gasteiger partial charge in [-0.3, -0.25) is 9.59 Å². The molecule has 2 N–H and O–H groups in total. The molecule has 1 aromatic carbocycles. The number of benzene rings is 1. The summed E-state index contributed by atoms with van der Waals surface area (Å²) >= 11 is 12.1. The summed E-state index contributed by atoms with van der Waals surface area (Å²) in [5.74, 6) is 0.814. The van der Waals surface area contributed by atoms with E-state index in [9.17, 15) is 9.59 Å². The third kappa shape index (κ3) is 3.93. The topological polar surface area (TPSA) is 66.6 Å². The number of amides is 2. The smallest absolute Gasteiger partial charge is 0.254 e. The molecule has 5 nitrogen and oxygen atoms in total. The van der Waals surface area contributed by atoms with Crippen molar-refractivity contribution in [1.82, 2.24) is 9.80 Å². The van der Waals surface area contributed by atoms with Crippen LogP contribution in [0.5, 0.6) is 0 Å². The molecule has 2 heterocycles. The Labute approximate surface area is 175 Å².